The van der Waals surface area contributed by atoms with Crippen LogP contribution < -0.4 is 5.32 Å². The van der Waals surface area contributed by atoms with Gasteiger partial charge in [0.2, 0.25) is 5.91 Å². The first-order valence-electron chi connectivity index (χ1n) is 10.0. The van der Waals surface area contributed by atoms with Crippen molar-refractivity contribution in [1.29, 1.82) is 0 Å². The average molecular weight is 373 g/mol. The number of benzene rings is 1. The SMILES string of the molecule is O=C(CNCCN1CCOCC1)N1CCN(C/C=C/c2ccccc2)CC1. The molecule has 1 amide bonds. The number of hydrogen-bond donors (Lipinski definition) is 1. The number of nitrogens with one attached hydrogen (secondary N) is 1. The maximum Gasteiger partial charge on any atom is 0.236 e. The molecular formula is C21H32N4O2. The van der Waals surface area contributed by atoms with Crippen LogP contribution in [-0.4, -0.2) is 99.3 Å². The van der Waals surface area contributed by atoms with Crippen LogP contribution in [0, 0.1) is 0 Å². The van der Waals surface area contributed by atoms with E-state index in [4.69, 9.17) is 4.74 Å². The molecule has 1 N–H and O–H groups in total. The van der Waals surface area contributed by atoms with Crippen LogP contribution in [0.3, 0.4) is 0 Å². The second kappa shape index (κ2) is 11.2. The molecule has 2 aliphatic rings. The Morgan fingerprint density at radius 1 is 1.00 bits per heavy atom. The Hall–Kier alpha value is -1.73. The van der Waals surface area contributed by atoms with Crippen molar-refractivity contribution < 1.29 is 9.53 Å². The normalized spacial score (nSPS) is 19.6. The molecule has 0 bridgehead atoms. The van der Waals surface area contributed by atoms with Crippen molar-refractivity contribution >= 4 is 12.0 Å². The van der Waals surface area contributed by atoms with Gasteiger partial charge in [0, 0.05) is 58.9 Å². The highest BCUT2D eigenvalue weighted by Gasteiger charge is 2.20. The highest BCUT2D eigenvalue weighted by molar-refractivity contribution is 5.78. The molecule has 6 heteroatoms. The Bertz CT molecular complexity index is 579. The smallest absolute Gasteiger partial charge is 0.236 e. The second-order valence-corrected chi connectivity index (χ2v) is 7.13. The number of nitrogens with zero attached hydrogens (tertiary/aromatic N) is 3. The first-order valence-corrected chi connectivity index (χ1v) is 10.0. The molecule has 0 radical (unpaired) electrons. The molecule has 6 nitrogen and oxygen atoms in total. The molecule has 0 saturated carbocycles. The van der Waals surface area contributed by atoms with E-state index in [-0.39, 0.29) is 5.91 Å². The molecule has 1 aromatic rings. The van der Waals surface area contributed by atoms with Crippen LogP contribution in [0.1, 0.15) is 5.56 Å². The first-order chi connectivity index (χ1) is 13.3. The summed E-state index contributed by atoms with van der Waals surface area (Å²) < 4.78 is 5.35. The lowest BCUT2D eigenvalue weighted by Crippen LogP contribution is -2.51. The summed E-state index contributed by atoms with van der Waals surface area (Å²) in [7, 11) is 0. The molecule has 148 valence electrons. The number of carbonyl (C=O) groups is 1. The zero-order chi connectivity index (χ0) is 18.7. The van der Waals surface area contributed by atoms with Crippen molar-refractivity contribution in [3.63, 3.8) is 0 Å². The Balaban J connectivity index is 1.27. The lowest BCUT2D eigenvalue weighted by molar-refractivity contribution is -0.131. The van der Waals surface area contributed by atoms with Crippen molar-refractivity contribution in [2.24, 2.45) is 0 Å². The number of ether oxygens (including phenoxy) is 1. The van der Waals surface area contributed by atoms with Gasteiger partial charge < -0.3 is 15.0 Å². The molecule has 0 aromatic heterocycles. The third kappa shape index (κ3) is 7.07. The summed E-state index contributed by atoms with van der Waals surface area (Å²) in [5.74, 6) is 0.219. The van der Waals surface area contributed by atoms with Gasteiger partial charge in [-0.3, -0.25) is 14.6 Å². The van der Waals surface area contributed by atoms with E-state index in [2.05, 4.69) is 51.5 Å². The van der Waals surface area contributed by atoms with Crippen LogP contribution in [0.25, 0.3) is 6.08 Å². The van der Waals surface area contributed by atoms with E-state index in [1.54, 1.807) is 0 Å². The molecule has 0 aliphatic carbocycles. The maximum absolute atomic E-state index is 12.4. The van der Waals surface area contributed by atoms with Crippen LogP contribution >= 0.6 is 0 Å². The standard InChI is InChI=1S/C21H32N4O2/c26-21(19-22-8-10-24-15-17-27-18-16-24)25-13-11-23(12-14-25)9-4-7-20-5-2-1-3-6-20/h1-7,22H,8-19H2/b7-4+. The van der Waals surface area contributed by atoms with E-state index in [0.717, 1.165) is 72.1 Å². The van der Waals surface area contributed by atoms with Gasteiger partial charge in [-0.25, -0.2) is 0 Å². The van der Waals surface area contributed by atoms with Crippen LogP contribution in [0.5, 0.6) is 0 Å². The molecule has 0 unspecified atom stereocenters. The number of piperazine rings is 1. The lowest BCUT2D eigenvalue weighted by atomic mass is 10.2. The molecule has 1 aromatic carbocycles. The number of rotatable bonds is 8. The van der Waals surface area contributed by atoms with E-state index in [1.807, 2.05) is 11.0 Å². The van der Waals surface area contributed by atoms with Gasteiger partial charge in [0.25, 0.3) is 0 Å². The zero-order valence-electron chi connectivity index (χ0n) is 16.2. The summed E-state index contributed by atoms with van der Waals surface area (Å²) in [6.07, 6.45) is 4.37. The molecule has 2 aliphatic heterocycles. The fourth-order valence-electron chi connectivity index (χ4n) is 3.45. The quantitative estimate of drug-likeness (QED) is 0.683. The Morgan fingerprint density at radius 2 is 1.74 bits per heavy atom. The molecule has 2 fully saturated rings. The van der Waals surface area contributed by atoms with E-state index in [9.17, 15) is 4.79 Å². The fraction of sp³-hybridized carbons (Fsp3) is 0.571. The highest BCUT2D eigenvalue weighted by Crippen LogP contribution is 2.05. The van der Waals surface area contributed by atoms with Crippen LogP contribution in [0.15, 0.2) is 36.4 Å². The van der Waals surface area contributed by atoms with Crippen LogP contribution in [0.4, 0.5) is 0 Å². The number of amides is 1. The van der Waals surface area contributed by atoms with Gasteiger partial charge >= 0.3 is 0 Å². The third-order valence-corrected chi connectivity index (χ3v) is 5.18. The minimum atomic E-state index is 0.219. The molecular weight excluding hydrogens is 340 g/mol. The maximum atomic E-state index is 12.4. The van der Waals surface area contributed by atoms with E-state index in [1.165, 1.54) is 5.56 Å². The van der Waals surface area contributed by atoms with E-state index < -0.39 is 0 Å². The minimum absolute atomic E-state index is 0.219. The molecule has 3 rings (SSSR count). The van der Waals surface area contributed by atoms with Gasteiger partial charge in [-0.15, -0.1) is 0 Å². The lowest BCUT2D eigenvalue weighted by Gasteiger charge is -2.34. The largest absolute Gasteiger partial charge is 0.379 e. The molecule has 2 heterocycles. The molecule has 0 spiro atoms. The van der Waals surface area contributed by atoms with Crippen molar-refractivity contribution in [3.05, 3.63) is 42.0 Å². The minimum Gasteiger partial charge on any atom is -0.379 e. The predicted octanol–water partition coefficient (Wildman–Crippen LogP) is 0.766. The van der Waals surface area contributed by atoms with Crippen LogP contribution in [0.2, 0.25) is 0 Å². The van der Waals surface area contributed by atoms with Crippen molar-refractivity contribution in [3.8, 4) is 0 Å². The molecule has 27 heavy (non-hydrogen) atoms. The summed E-state index contributed by atoms with van der Waals surface area (Å²) in [4.78, 5) is 19.1. The number of carbonyl (C=O) groups excluding carboxylic acids is 1. The van der Waals surface area contributed by atoms with Gasteiger partial charge in [-0.05, 0) is 5.56 Å². The summed E-state index contributed by atoms with van der Waals surface area (Å²) in [5.41, 5.74) is 1.23. The van der Waals surface area contributed by atoms with Gasteiger partial charge in [0.1, 0.15) is 0 Å². The Morgan fingerprint density at radius 3 is 2.48 bits per heavy atom. The van der Waals surface area contributed by atoms with Gasteiger partial charge in [0.15, 0.2) is 0 Å². The monoisotopic (exact) mass is 372 g/mol. The van der Waals surface area contributed by atoms with Crippen LogP contribution in [-0.2, 0) is 9.53 Å². The van der Waals surface area contributed by atoms with Crippen molar-refractivity contribution in [2.75, 3.05) is 78.7 Å². The van der Waals surface area contributed by atoms with E-state index >= 15 is 0 Å². The third-order valence-electron chi connectivity index (χ3n) is 5.18. The molecule has 0 atom stereocenters. The molecule has 2 saturated heterocycles. The Labute approximate surface area is 162 Å². The second-order valence-electron chi connectivity index (χ2n) is 7.13. The summed E-state index contributed by atoms with van der Waals surface area (Å²) in [6, 6.07) is 10.4. The van der Waals surface area contributed by atoms with Gasteiger partial charge in [0.05, 0.1) is 19.8 Å². The fourth-order valence-corrected chi connectivity index (χ4v) is 3.45. The van der Waals surface area contributed by atoms with Gasteiger partial charge in [-0.2, -0.15) is 0 Å². The summed E-state index contributed by atoms with van der Waals surface area (Å²) in [6.45, 7) is 10.4. The summed E-state index contributed by atoms with van der Waals surface area (Å²) >= 11 is 0. The van der Waals surface area contributed by atoms with Crippen molar-refractivity contribution in [2.45, 2.75) is 0 Å². The topological polar surface area (TPSA) is 48.1 Å². The average Bonchev–Trinajstić information content (AvgIpc) is 2.73. The number of hydrogen-bond acceptors (Lipinski definition) is 5. The number of morpholine rings is 1. The predicted molar refractivity (Wildman–Crippen MR) is 109 cm³/mol. The van der Waals surface area contributed by atoms with E-state index in [0.29, 0.717) is 6.54 Å². The summed E-state index contributed by atoms with van der Waals surface area (Å²) in [5, 5.41) is 3.29. The van der Waals surface area contributed by atoms with Gasteiger partial charge in [-0.1, -0.05) is 42.5 Å². The Kier molecular flexibility index (Phi) is 8.30. The first kappa shape index (κ1) is 20.0. The van der Waals surface area contributed by atoms with Crippen molar-refractivity contribution in [1.82, 2.24) is 20.0 Å². The highest BCUT2D eigenvalue weighted by atomic mass is 16.5. The zero-order valence-corrected chi connectivity index (χ0v) is 16.2.